The molecule has 2 aromatic carbocycles. The minimum absolute atomic E-state index is 0.0131. The quantitative estimate of drug-likeness (QED) is 0.666. The number of imidazole rings is 1. The minimum Gasteiger partial charge on any atom is -0.465 e. The molecule has 3 aromatic rings. The molecule has 4 rings (SSSR count). The van der Waals surface area contributed by atoms with Gasteiger partial charge in [-0.2, -0.15) is 0 Å². The Morgan fingerprint density at radius 3 is 2.63 bits per heavy atom. The molecular weight excluding hydrogens is 376 g/mol. The fourth-order valence-electron chi connectivity index (χ4n) is 4.41. The van der Waals surface area contributed by atoms with Crippen LogP contribution in [0.4, 0.5) is 10.5 Å². The van der Waals surface area contributed by atoms with Crippen LogP contribution in [0.25, 0.3) is 11.0 Å². The summed E-state index contributed by atoms with van der Waals surface area (Å²) in [5, 5.41) is 9.74. The Balaban J connectivity index is 1.76. The summed E-state index contributed by atoms with van der Waals surface area (Å²) in [6.45, 7) is 3.77. The zero-order valence-electron chi connectivity index (χ0n) is 18.0. The molecular formula is C24H30N4O2. The van der Waals surface area contributed by atoms with E-state index in [1.807, 2.05) is 19.1 Å². The number of anilines is 1. The molecule has 6 heteroatoms. The molecule has 1 N–H and O–H groups in total. The van der Waals surface area contributed by atoms with Gasteiger partial charge in [-0.25, -0.2) is 9.78 Å². The number of aryl methyl sites for hydroxylation is 3. The number of amides is 1. The molecule has 0 fully saturated rings. The van der Waals surface area contributed by atoms with E-state index >= 15 is 0 Å². The van der Waals surface area contributed by atoms with Gasteiger partial charge in [-0.1, -0.05) is 30.3 Å². The van der Waals surface area contributed by atoms with E-state index in [1.165, 1.54) is 10.5 Å². The predicted molar refractivity (Wildman–Crippen MR) is 120 cm³/mol. The molecule has 1 atom stereocenters. The summed E-state index contributed by atoms with van der Waals surface area (Å²) in [5.41, 5.74) is 5.24. The van der Waals surface area contributed by atoms with E-state index in [-0.39, 0.29) is 6.04 Å². The summed E-state index contributed by atoms with van der Waals surface area (Å²) < 4.78 is 2.32. The highest BCUT2D eigenvalue weighted by molar-refractivity contribution is 5.94. The summed E-state index contributed by atoms with van der Waals surface area (Å²) in [6.07, 6.45) is 2.59. The number of fused-ring (bicyclic) bond motifs is 3. The lowest BCUT2D eigenvalue weighted by atomic mass is 9.96. The van der Waals surface area contributed by atoms with Gasteiger partial charge in [0.2, 0.25) is 0 Å². The average molecular weight is 407 g/mol. The van der Waals surface area contributed by atoms with Crippen LogP contribution in [0, 0.1) is 0 Å². The van der Waals surface area contributed by atoms with Crippen molar-refractivity contribution < 1.29 is 9.90 Å². The van der Waals surface area contributed by atoms with Crippen LogP contribution in [0.2, 0.25) is 0 Å². The number of rotatable bonds is 6. The first-order valence-electron chi connectivity index (χ1n) is 10.7. The third kappa shape index (κ3) is 3.92. The number of hydrogen-bond acceptors (Lipinski definition) is 3. The molecule has 0 unspecified atom stereocenters. The van der Waals surface area contributed by atoms with Crippen molar-refractivity contribution in [3.05, 3.63) is 59.4 Å². The Bertz CT molecular complexity index is 1040. The highest BCUT2D eigenvalue weighted by Gasteiger charge is 2.30. The Morgan fingerprint density at radius 2 is 1.93 bits per heavy atom. The molecule has 0 spiro atoms. The third-order valence-electron chi connectivity index (χ3n) is 6.05. The van der Waals surface area contributed by atoms with Gasteiger partial charge in [0.1, 0.15) is 5.82 Å². The van der Waals surface area contributed by atoms with Crippen molar-refractivity contribution in [2.75, 3.05) is 25.5 Å². The van der Waals surface area contributed by atoms with Crippen LogP contribution in [0.5, 0.6) is 0 Å². The van der Waals surface area contributed by atoms with Crippen LogP contribution in [0.1, 0.15) is 30.3 Å². The van der Waals surface area contributed by atoms with Crippen LogP contribution in [0.3, 0.4) is 0 Å². The highest BCUT2D eigenvalue weighted by Crippen LogP contribution is 2.36. The van der Waals surface area contributed by atoms with Gasteiger partial charge in [-0.3, -0.25) is 4.90 Å². The van der Waals surface area contributed by atoms with Crippen molar-refractivity contribution in [2.45, 2.75) is 45.2 Å². The average Bonchev–Trinajstić information content (AvgIpc) is 3.08. The summed E-state index contributed by atoms with van der Waals surface area (Å²) in [5.74, 6) is 1.07. The summed E-state index contributed by atoms with van der Waals surface area (Å²) in [4.78, 5) is 20.6. The Morgan fingerprint density at radius 1 is 1.17 bits per heavy atom. The number of hydrogen-bond donors (Lipinski definition) is 1. The molecule has 1 aliphatic rings. The van der Waals surface area contributed by atoms with Crippen LogP contribution in [0.15, 0.2) is 42.5 Å². The number of benzene rings is 2. The largest absolute Gasteiger partial charge is 0.465 e. The van der Waals surface area contributed by atoms with E-state index in [0.717, 1.165) is 66.9 Å². The number of likely N-dealkylation sites (N-methyl/N-ethyl adjacent to an activating group) is 1. The van der Waals surface area contributed by atoms with Gasteiger partial charge in [-0.05, 0) is 58.0 Å². The maximum absolute atomic E-state index is 11.9. The maximum atomic E-state index is 11.9. The zero-order valence-corrected chi connectivity index (χ0v) is 18.0. The lowest BCUT2D eigenvalue weighted by molar-refractivity contribution is 0.198. The second-order valence-electron chi connectivity index (χ2n) is 8.44. The number of aromatic nitrogens is 2. The van der Waals surface area contributed by atoms with Crippen molar-refractivity contribution in [3.63, 3.8) is 0 Å². The Kier molecular flexibility index (Phi) is 5.77. The minimum atomic E-state index is -0.890. The Hall–Kier alpha value is -2.86. The highest BCUT2D eigenvalue weighted by atomic mass is 16.4. The van der Waals surface area contributed by atoms with Crippen LogP contribution in [-0.2, 0) is 25.8 Å². The van der Waals surface area contributed by atoms with E-state index in [4.69, 9.17) is 4.98 Å². The van der Waals surface area contributed by atoms with Crippen molar-refractivity contribution >= 4 is 22.8 Å². The molecule has 0 saturated heterocycles. The molecule has 1 amide bonds. The van der Waals surface area contributed by atoms with Crippen molar-refractivity contribution in [1.29, 1.82) is 0 Å². The molecule has 2 heterocycles. The van der Waals surface area contributed by atoms with Gasteiger partial charge >= 0.3 is 6.09 Å². The van der Waals surface area contributed by atoms with E-state index < -0.39 is 6.09 Å². The van der Waals surface area contributed by atoms with E-state index in [2.05, 4.69) is 53.9 Å². The normalized spacial score (nSPS) is 16.3. The second-order valence-corrected chi connectivity index (χ2v) is 8.44. The van der Waals surface area contributed by atoms with Gasteiger partial charge in [0.15, 0.2) is 0 Å². The first-order chi connectivity index (χ1) is 14.5. The van der Waals surface area contributed by atoms with E-state index in [0.29, 0.717) is 0 Å². The lowest BCUT2D eigenvalue weighted by Gasteiger charge is -2.33. The molecule has 0 bridgehead atoms. The standard InChI is InChI=1S/C24H30N4O2/c1-17-9-11-19-20(28(17)24(29)30)12-13-21-23(19)25-22(27(21)16-15-26(2)3)14-10-18-7-5-4-6-8-18/h4-8,12-13,17H,9-11,14-16H2,1-3H3,(H,29,30)/t17-/m0/s1. The second kappa shape index (κ2) is 8.48. The molecule has 0 radical (unpaired) electrons. The maximum Gasteiger partial charge on any atom is 0.412 e. The molecule has 0 saturated carbocycles. The van der Waals surface area contributed by atoms with Gasteiger partial charge < -0.3 is 14.6 Å². The Labute approximate surface area is 177 Å². The number of nitrogens with zero attached hydrogens (tertiary/aromatic N) is 4. The van der Waals surface area contributed by atoms with E-state index in [9.17, 15) is 9.90 Å². The summed E-state index contributed by atoms with van der Waals surface area (Å²) in [6, 6.07) is 14.5. The van der Waals surface area contributed by atoms with Crippen LogP contribution in [-0.4, -0.2) is 52.3 Å². The molecule has 1 aliphatic heterocycles. The molecule has 30 heavy (non-hydrogen) atoms. The fraction of sp³-hybridized carbons (Fsp3) is 0.417. The molecule has 1 aromatic heterocycles. The third-order valence-corrected chi connectivity index (χ3v) is 6.05. The number of carboxylic acid groups (broad SMARTS) is 1. The van der Waals surface area contributed by atoms with Crippen LogP contribution >= 0.6 is 0 Å². The fourth-order valence-corrected chi connectivity index (χ4v) is 4.41. The van der Waals surface area contributed by atoms with Gasteiger partial charge in [0, 0.05) is 31.1 Å². The van der Waals surface area contributed by atoms with Crippen molar-refractivity contribution in [3.8, 4) is 0 Å². The van der Waals surface area contributed by atoms with Crippen molar-refractivity contribution in [1.82, 2.24) is 14.5 Å². The monoisotopic (exact) mass is 406 g/mol. The van der Waals surface area contributed by atoms with Crippen molar-refractivity contribution in [2.24, 2.45) is 0 Å². The first kappa shape index (κ1) is 20.4. The lowest BCUT2D eigenvalue weighted by Crippen LogP contribution is -2.41. The van der Waals surface area contributed by atoms with E-state index in [1.54, 1.807) is 0 Å². The van der Waals surface area contributed by atoms with Crippen LogP contribution < -0.4 is 4.90 Å². The first-order valence-corrected chi connectivity index (χ1v) is 10.7. The summed E-state index contributed by atoms with van der Waals surface area (Å²) >= 11 is 0. The molecule has 6 nitrogen and oxygen atoms in total. The molecule has 0 aliphatic carbocycles. The van der Waals surface area contributed by atoms with Gasteiger partial charge in [0.25, 0.3) is 0 Å². The number of carbonyl (C=O) groups is 1. The predicted octanol–water partition coefficient (Wildman–Crippen LogP) is 4.20. The molecule has 158 valence electrons. The topological polar surface area (TPSA) is 61.6 Å². The smallest absolute Gasteiger partial charge is 0.412 e. The van der Waals surface area contributed by atoms with Gasteiger partial charge in [-0.15, -0.1) is 0 Å². The zero-order chi connectivity index (χ0) is 21.3. The summed E-state index contributed by atoms with van der Waals surface area (Å²) in [7, 11) is 4.16. The van der Waals surface area contributed by atoms with Gasteiger partial charge in [0.05, 0.1) is 16.7 Å². The SMILES string of the molecule is C[C@H]1CCc2c(ccc3c2nc(CCc2ccccc2)n3CCN(C)C)N1C(=O)O.